The molecule has 3 aromatic rings. The number of aryl methyl sites for hydroxylation is 1. The van der Waals surface area contributed by atoms with Crippen LogP contribution in [0.3, 0.4) is 0 Å². The lowest BCUT2D eigenvalue weighted by atomic mass is 9.69. The number of aliphatic hydroxyl groups excluding tert-OH is 1. The second kappa shape index (κ2) is 8.72. The topological polar surface area (TPSA) is 139 Å². The number of halogens is 1. The van der Waals surface area contributed by atoms with Gasteiger partial charge in [-0.15, -0.1) is 0 Å². The number of aromatic amines is 1. The summed E-state index contributed by atoms with van der Waals surface area (Å²) in [5, 5.41) is 31.5. The number of benzene rings is 1. The van der Waals surface area contributed by atoms with E-state index in [0.29, 0.717) is 33.3 Å². The fourth-order valence-corrected chi connectivity index (χ4v) is 5.38. The molecule has 1 amide bonds. The van der Waals surface area contributed by atoms with Crippen LogP contribution >= 0.6 is 0 Å². The molecule has 35 heavy (non-hydrogen) atoms. The van der Waals surface area contributed by atoms with Crippen LogP contribution in [0.25, 0.3) is 22.2 Å². The number of nitrogens with zero attached hydrogens (tertiary/aromatic N) is 3. The van der Waals surface area contributed by atoms with Crippen molar-refractivity contribution in [1.82, 2.24) is 14.9 Å². The minimum Gasteiger partial charge on any atom is -0.394 e. The molecule has 5 N–H and O–H groups in total. The van der Waals surface area contributed by atoms with Gasteiger partial charge in [0.15, 0.2) is 0 Å². The highest BCUT2D eigenvalue weighted by Gasteiger charge is 2.50. The van der Waals surface area contributed by atoms with E-state index < -0.39 is 41.3 Å². The van der Waals surface area contributed by atoms with E-state index in [1.807, 2.05) is 0 Å². The first kappa shape index (κ1) is 24.8. The number of piperidine rings is 1. The molecule has 0 spiro atoms. The van der Waals surface area contributed by atoms with E-state index in [1.54, 1.807) is 45.3 Å². The number of hydrogen-bond donors (Lipinski definition) is 4. The molecule has 0 bridgehead atoms. The quantitative estimate of drug-likeness (QED) is 0.454. The number of aliphatic hydroxyl groups is 2. The van der Waals surface area contributed by atoms with Gasteiger partial charge in [-0.05, 0) is 42.7 Å². The molecule has 1 aliphatic heterocycles. The highest BCUT2D eigenvalue weighted by molar-refractivity contribution is 5.97. The Morgan fingerprint density at radius 1 is 1.40 bits per heavy atom. The number of hydrogen-bond acceptors (Lipinski definition) is 6. The van der Waals surface area contributed by atoms with Crippen molar-refractivity contribution in [3.63, 3.8) is 0 Å². The molecule has 1 saturated heterocycles. The summed E-state index contributed by atoms with van der Waals surface area (Å²) in [6.45, 7) is 6.62. The van der Waals surface area contributed by atoms with Crippen LogP contribution in [0.15, 0.2) is 30.6 Å². The number of fused-ring (bicyclic) bond motifs is 1. The second-order valence-electron chi connectivity index (χ2n) is 9.96. The van der Waals surface area contributed by atoms with E-state index in [-0.39, 0.29) is 18.7 Å². The van der Waals surface area contributed by atoms with Crippen LogP contribution in [0.5, 0.6) is 0 Å². The molecule has 1 aliphatic rings. The lowest BCUT2D eigenvalue weighted by Gasteiger charge is -2.49. The summed E-state index contributed by atoms with van der Waals surface area (Å²) in [5.74, 6) is -1.95. The van der Waals surface area contributed by atoms with Crippen LogP contribution in [0.1, 0.15) is 37.5 Å². The minimum absolute atomic E-state index is 0.174. The Kier molecular flexibility index (Phi) is 6.18. The number of amides is 1. The van der Waals surface area contributed by atoms with Gasteiger partial charge in [-0.25, -0.2) is 9.37 Å². The van der Waals surface area contributed by atoms with Gasteiger partial charge in [0.1, 0.15) is 28.7 Å². The van der Waals surface area contributed by atoms with Gasteiger partial charge >= 0.3 is 0 Å². The van der Waals surface area contributed by atoms with Crippen LogP contribution < -0.4 is 5.73 Å². The lowest BCUT2D eigenvalue weighted by molar-refractivity contribution is -0.155. The Balaban J connectivity index is 1.75. The predicted molar refractivity (Wildman–Crippen MR) is 129 cm³/mol. The number of carbonyl (C=O) groups is 1. The molecule has 0 radical (unpaired) electrons. The molecule has 4 atom stereocenters. The van der Waals surface area contributed by atoms with Gasteiger partial charge in [0.2, 0.25) is 5.91 Å². The molecule has 8 nitrogen and oxygen atoms in total. The normalized spacial score (nSPS) is 24.3. The van der Waals surface area contributed by atoms with Crippen molar-refractivity contribution in [2.45, 2.75) is 38.8 Å². The Morgan fingerprint density at radius 2 is 2.06 bits per heavy atom. The van der Waals surface area contributed by atoms with Gasteiger partial charge in [0, 0.05) is 48.3 Å². The molecule has 0 unspecified atom stereocenters. The number of carbonyl (C=O) groups excluding carboxylic acids is 1. The Hall–Kier alpha value is -3.32. The zero-order chi connectivity index (χ0) is 25.7. The largest absolute Gasteiger partial charge is 0.394 e. The van der Waals surface area contributed by atoms with Gasteiger partial charge in [-0.2, -0.15) is 5.26 Å². The SMILES string of the molecule is Cc1cc(-c2ccnc3[nH]cc(C#N)c23)cc(F)c1[C@@]1(O)[C@H](C)CN(C(=O)[C@](C)(N)CO)C[C@@H]1C. The van der Waals surface area contributed by atoms with E-state index in [0.717, 1.165) is 0 Å². The van der Waals surface area contributed by atoms with E-state index >= 15 is 4.39 Å². The van der Waals surface area contributed by atoms with E-state index in [9.17, 15) is 20.3 Å². The number of likely N-dealkylation sites (tertiary alicyclic amines) is 1. The van der Waals surface area contributed by atoms with Crippen molar-refractivity contribution >= 4 is 16.9 Å². The molecule has 0 aliphatic carbocycles. The number of nitrogens with one attached hydrogen (secondary N) is 1. The molecule has 1 aromatic carbocycles. The van der Waals surface area contributed by atoms with E-state index in [4.69, 9.17) is 5.73 Å². The van der Waals surface area contributed by atoms with Gasteiger partial charge in [-0.1, -0.05) is 19.9 Å². The summed E-state index contributed by atoms with van der Waals surface area (Å²) in [5.41, 5.74) is 5.96. The maximum absolute atomic E-state index is 15.8. The standard InChI is InChI=1S/C26H30FN5O3/c1-14-7-17(19-5-6-30-23-21(19)18(9-28)10-31-23)8-20(27)22(14)26(35)15(2)11-32(12-16(26)3)24(34)25(4,29)13-33/h5-8,10,15-16,33,35H,11-13,29H2,1-4H3,(H,30,31)/t15-,16+,25-,26-/m1/s1. The maximum Gasteiger partial charge on any atom is 0.244 e. The van der Waals surface area contributed by atoms with Crippen molar-refractivity contribution in [2.24, 2.45) is 17.6 Å². The maximum atomic E-state index is 15.8. The number of nitrogens with two attached hydrogens (primary N) is 1. The van der Waals surface area contributed by atoms with Crippen LogP contribution in [-0.4, -0.2) is 56.2 Å². The third-order valence-electron chi connectivity index (χ3n) is 7.29. The first-order valence-corrected chi connectivity index (χ1v) is 11.5. The first-order valence-electron chi connectivity index (χ1n) is 11.5. The Bertz CT molecular complexity index is 1310. The molecule has 1 fully saturated rings. The van der Waals surface area contributed by atoms with E-state index in [2.05, 4.69) is 16.0 Å². The van der Waals surface area contributed by atoms with Crippen LogP contribution in [0.2, 0.25) is 0 Å². The molecule has 2 aromatic heterocycles. The summed E-state index contributed by atoms with van der Waals surface area (Å²) in [4.78, 5) is 21.6. The van der Waals surface area contributed by atoms with Crippen molar-refractivity contribution in [3.8, 4) is 17.2 Å². The minimum atomic E-state index is -1.52. The van der Waals surface area contributed by atoms with Crippen molar-refractivity contribution < 1.29 is 19.4 Å². The van der Waals surface area contributed by atoms with Gasteiger partial charge < -0.3 is 25.8 Å². The first-order chi connectivity index (χ1) is 16.4. The Labute approximate surface area is 203 Å². The van der Waals surface area contributed by atoms with Crippen molar-refractivity contribution in [3.05, 3.63) is 53.1 Å². The second-order valence-corrected chi connectivity index (χ2v) is 9.96. The third-order valence-corrected chi connectivity index (χ3v) is 7.29. The van der Waals surface area contributed by atoms with Gasteiger partial charge in [0.25, 0.3) is 0 Å². The molecular weight excluding hydrogens is 449 g/mol. The lowest BCUT2D eigenvalue weighted by Crippen LogP contribution is -2.62. The number of rotatable bonds is 4. The molecular formula is C26H30FN5O3. The number of H-pyrrole nitrogens is 1. The average molecular weight is 480 g/mol. The molecule has 9 heteroatoms. The third kappa shape index (κ3) is 3.88. The summed E-state index contributed by atoms with van der Waals surface area (Å²) in [6, 6.07) is 7.05. The molecule has 0 saturated carbocycles. The summed E-state index contributed by atoms with van der Waals surface area (Å²) in [6.07, 6.45) is 3.17. The number of nitriles is 1. The smallest absolute Gasteiger partial charge is 0.244 e. The van der Waals surface area contributed by atoms with Crippen molar-refractivity contribution in [2.75, 3.05) is 19.7 Å². The fraction of sp³-hybridized carbons (Fsp3) is 0.423. The predicted octanol–water partition coefficient (Wildman–Crippen LogP) is 2.56. The summed E-state index contributed by atoms with van der Waals surface area (Å²) >= 11 is 0. The summed E-state index contributed by atoms with van der Waals surface area (Å²) < 4.78 is 15.8. The molecule has 4 rings (SSSR count). The fourth-order valence-electron chi connectivity index (χ4n) is 5.38. The number of aromatic nitrogens is 2. The van der Waals surface area contributed by atoms with Crippen molar-refractivity contribution in [1.29, 1.82) is 5.26 Å². The zero-order valence-electron chi connectivity index (χ0n) is 20.3. The van der Waals surface area contributed by atoms with Crippen LogP contribution in [-0.2, 0) is 10.4 Å². The summed E-state index contributed by atoms with van der Waals surface area (Å²) in [7, 11) is 0. The monoisotopic (exact) mass is 479 g/mol. The zero-order valence-corrected chi connectivity index (χ0v) is 20.3. The van der Waals surface area contributed by atoms with Crippen LogP contribution in [0.4, 0.5) is 4.39 Å². The van der Waals surface area contributed by atoms with Gasteiger partial charge in [-0.3, -0.25) is 4.79 Å². The molecule has 184 valence electrons. The molecule has 3 heterocycles. The van der Waals surface area contributed by atoms with Crippen LogP contribution in [0, 0.1) is 35.9 Å². The average Bonchev–Trinajstić information content (AvgIpc) is 3.24. The number of pyridine rings is 1. The Morgan fingerprint density at radius 3 is 2.63 bits per heavy atom. The highest BCUT2D eigenvalue weighted by atomic mass is 19.1. The van der Waals surface area contributed by atoms with Gasteiger partial charge in [0.05, 0.1) is 12.2 Å². The highest BCUT2D eigenvalue weighted by Crippen LogP contribution is 2.45. The van der Waals surface area contributed by atoms with E-state index in [1.165, 1.54) is 17.9 Å².